The van der Waals surface area contributed by atoms with Gasteiger partial charge in [-0.2, -0.15) is 5.10 Å². The van der Waals surface area contributed by atoms with E-state index in [2.05, 4.69) is 16.5 Å². The van der Waals surface area contributed by atoms with Crippen LogP contribution in [0.5, 0.6) is 5.88 Å². The van der Waals surface area contributed by atoms with E-state index in [1.165, 1.54) is 31.3 Å². The number of aromatic nitrogens is 2. The number of rotatable bonds is 4. The molecule has 20 heavy (non-hydrogen) atoms. The average molecular weight is 275 g/mol. The number of nitrogens with zero attached hydrogens (tertiary/aromatic N) is 2. The average Bonchev–Trinajstić information content (AvgIpc) is 2.92. The summed E-state index contributed by atoms with van der Waals surface area (Å²) in [7, 11) is 0. The molecule has 1 N–H and O–H groups in total. The monoisotopic (exact) mass is 275 g/mol. The molecule has 0 unspecified atom stereocenters. The summed E-state index contributed by atoms with van der Waals surface area (Å²) in [6.45, 7) is 2.23. The third-order valence-corrected chi connectivity index (χ3v) is 3.86. The van der Waals surface area contributed by atoms with Gasteiger partial charge in [0.05, 0.1) is 6.61 Å². The third kappa shape index (κ3) is 3.03. The highest BCUT2D eigenvalue weighted by molar-refractivity contribution is 5.92. The van der Waals surface area contributed by atoms with Gasteiger partial charge in [-0.05, 0) is 32.1 Å². The number of fused-ring (bicyclic) bond motifs is 1. The van der Waals surface area contributed by atoms with Crippen LogP contribution in [0.4, 0.5) is 0 Å². The maximum Gasteiger partial charge on any atom is 0.271 e. The zero-order valence-electron chi connectivity index (χ0n) is 11.7. The molecule has 0 fully saturated rings. The molecule has 1 amide bonds. The fraction of sp³-hybridized carbons (Fsp3) is 0.600. The summed E-state index contributed by atoms with van der Waals surface area (Å²) in [6, 6.07) is 1.73. The molecular weight excluding hydrogens is 254 g/mol. The molecule has 1 aromatic heterocycles. The van der Waals surface area contributed by atoms with Crippen LogP contribution < -0.4 is 10.1 Å². The Morgan fingerprint density at radius 2 is 2.35 bits per heavy atom. The minimum atomic E-state index is -0.105. The molecule has 5 heteroatoms. The third-order valence-electron chi connectivity index (χ3n) is 3.86. The van der Waals surface area contributed by atoms with Gasteiger partial charge < -0.3 is 10.1 Å². The second-order valence-electron chi connectivity index (χ2n) is 5.41. The van der Waals surface area contributed by atoms with E-state index in [1.807, 2.05) is 0 Å². The number of aryl methyl sites for hydroxylation is 1. The van der Waals surface area contributed by atoms with Gasteiger partial charge in [-0.15, -0.1) is 0 Å². The highest BCUT2D eigenvalue weighted by Crippen LogP contribution is 2.20. The topological polar surface area (TPSA) is 56.2 Å². The first kappa shape index (κ1) is 13.2. The second-order valence-corrected chi connectivity index (χ2v) is 5.41. The van der Waals surface area contributed by atoms with E-state index in [4.69, 9.17) is 4.74 Å². The number of carbonyl (C=O) groups is 1. The summed E-state index contributed by atoms with van der Waals surface area (Å²) in [6.07, 6.45) is 9.18. The largest absolute Gasteiger partial charge is 0.478 e. The van der Waals surface area contributed by atoms with Crippen LogP contribution in [0, 0.1) is 0 Å². The van der Waals surface area contributed by atoms with E-state index in [0.29, 0.717) is 24.7 Å². The van der Waals surface area contributed by atoms with Gasteiger partial charge in [-0.25, -0.2) is 4.68 Å². The molecule has 5 nitrogen and oxygen atoms in total. The minimum absolute atomic E-state index is 0.105. The molecule has 0 saturated carbocycles. The Labute approximate surface area is 119 Å². The van der Waals surface area contributed by atoms with Gasteiger partial charge >= 0.3 is 0 Å². The summed E-state index contributed by atoms with van der Waals surface area (Å²) < 4.78 is 7.23. The molecule has 0 bridgehead atoms. The fourth-order valence-corrected chi connectivity index (χ4v) is 2.74. The molecule has 0 saturated heterocycles. The van der Waals surface area contributed by atoms with E-state index < -0.39 is 0 Å². The van der Waals surface area contributed by atoms with E-state index >= 15 is 0 Å². The van der Waals surface area contributed by atoms with Gasteiger partial charge in [0.1, 0.15) is 0 Å². The van der Waals surface area contributed by atoms with Crippen LogP contribution in [0.2, 0.25) is 0 Å². The molecule has 3 rings (SSSR count). The molecule has 2 aliphatic rings. The van der Waals surface area contributed by atoms with E-state index in [0.717, 1.165) is 19.4 Å². The Bertz CT molecular complexity index is 496. The van der Waals surface area contributed by atoms with Crippen molar-refractivity contribution in [1.29, 1.82) is 0 Å². The summed E-state index contributed by atoms with van der Waals surface area (Å²) in [5.41, 5.74) is 1.93. The normalized spacial score (nSPS) is 17.9. The molecular formula is C15H21N3O2. The Kier molecular flexibility index (Phi) is 4.04. The molecule has 1 aliphatic carbocycles. The van der Waals surface area contributed by atoms with Gasteiger partial charge in [-0.1, -0.05) is 11.6 Å². The Hall–Kier alpha value is -1.78. The smallest absolute Gasteiger partial charge is 0.271 e. The molecule has 2 heterocycles. The van der Waals surface area contributed by atoms with Crippen LogP contribution in [0.1, 0.15) is 49.0 Å². The molecule has 0 aromatic carbocycles. The number of carbonyl (C=O) groups excluding carboxylic acids is 1. The zero-order chi connectivity index (χ0) is 13.8. The Balaban J connectivity index is 1.51. The number of hydrogen-bond donors (Lipinski definition) is 1. The van der Waals surface area contributed by atoms with Crippen LogP contribution in [-0.2, 0) is 6.54 Å². The van der Waals surface area contributed by atoms with Crippen molar-refractivity contribution in [3.63, 3.8) is 0 Å². The molecule has 108 valence electrons. The van der Waals surface area contributed by atoms with Crippen LogP contribution in [0.25, 0.3) is 0 Å². The number of allylic oxidation sites excluding steroid dienone is 1. The standard InChI is InChI=1S/C15H21N3O2/c19-15(16-8-7-12-5-2-1-3-6-12)13-11-14-18(17-13)9-4-10-20-14/h5,11H,1-4,6-10H2,(H,16,19). The van der Waals surface area contributed by atoms with E-state index in [-0.39, 0.29) is 5.91 Å². The first-order valence-corrected chi connectivity index (χ1v) is 7.50. The lowest BCUT2D eigenvalue weighted by Crippen LogP contribution is -2.25. The summed E-state index contributed by atoms with van der Waals surface area (Å²) in [5, 5.41) is 7.23. The summed E-state index contributed by atoms with van der Waals surface area (Å²) in [4.78, 5) is 12.0. The van der Waals surface area contributed by atoms with E-state index in [1.54, 1.807) is 10.7 Å². The molecule has 0 atom stereocenters. The molecule has 0 radical (unpaired) electrons. The number of ether oxygens (including phenoxy) is 1. The van der Waals surface area contributed by atoms with Crippen LogP contribution in [-0.4, -0.2) is 28.8 Å². The van der Waals surface area contributed by atoms with Crippen LogP contribution in [0.3, 0.4) is 0 Å². The van der Waals surface area contributed by atoms with Crippen molar-refractivity contribution in [2.45, 2.75) is 45.1 Å². The van der Waals surface area contributed by atoms with Crippen molar-refractivity contribution >= 4 is 5.91 Å². The van der Waals surface area contributed by atoms with Gasteiger partial charge in [0.2, 0.25) is 5.88 Å². The predicted octanol–water partition coefficient (Wildman–Crippen LogP) is 2.29. The highest BCUT2D eigenvalue weighted by Gasteiger charge is 2.17. The minimum Gasteiger partial charge on any atom is -0.478 e. The van der Waals surface area contributed by atoms with Crippen LogP contribution in [0.15, 0.2) is 17.7 Å². The van der Waals surface area contributed by atoms with Crippen molar-refractivity contribution in [1.82, 2.24) is 15.1 Å². The lowest BCUT2D eigenvalue weighted by atomic mass is 9.97. The number of nitrogens with one attached hydrogen (secondary N) is 1. The molecule has 1 aromatic rings. The quantitative estimate of drug-likeness (QED) is 0.858. The van der Waals surface area contributed by atoms with Crippen molar-refractivity contribution < 1.29 is 9.53 Å². The number of amides is 1. The van der Waals surface area contributed by atoms with Gasteiger partial charge in [0.15, 0.2) is 5.69 Å². The van der Waals surface area contributed by atoms with E-state index in [9.17, 15) is 4.79 Å². The molecule has 1 aliphatic heterocycles. The van der Waals surface area contributed by atoms with Gasteiger partial charge in [0, 0.05) is 25.6 Å². The number of hydrogen-bond acceptors (Lipinski definition) is 3. The van der Waals surface area contributed by atoms with Crippen molar-refractivity contribution in [2.24, 2.45) is 0 Å². The summed E-state index contributed by atoms with van der Waals surface area (Å²) in [5.74, 6) is 0.600. The van der Waals surface area contributed by atoms with Gasteiger partial charge in [0.25, 0.3) is 5.91 Å². The lowest BCUT2D eigenvalue weighted by Gasteiger charge is -2.13. The second kappa shape index (κ2) is 6.11. The Morgan fingerprint density at radius 1 is 1.40 bits per heavy atom. The van der Waals surface area contributed by atoms with Crippen molar-refractivity contribution in [3.8, 4) is 5.88 Å². The highest BCUT2D eigenvalue weighted by atomic mass is 16.5. The Morgan fingerprint density at radius 3 is 3.15 bits per heavy atom. The predicted molar refractivity (Wildman–Crippen MR) is 75.8 cm³/mol. The zero-order valence-corrected chi connectivity index (χ0v) is 11.7. The lowest BCUT2D eigenvalue weighted by molar-refractivity contribution is 0.0948. The maximum atomic E-state index is 12.0. The summed E-state index contributed by atoms with van der Waals surface area (Å²) >= 11 is 0. The van der Waals surface area contributed by atoms with Crippen LogP contribution >= 0.6 is 0 Å². The first-order chi connectivity index (χ1) is 9.83. The van der Waals surface area contributed by atoms with Gasteiger partial charge in [-0.3, -0.25) is 4.79 Å². The molecule has 0 spiro atoms. The van der Waals surface area contributed by atoms with Crippen molar-refractivity contribution in [3.05, 3.63) is 23.4 Å². The maximum absolute atomic E-state index is 12.0. The SMILES string of the molecule is O=C(NCCC1=CCCCC1)c1cc2n(n1)CCCO2. The van der Waals surface area contributed by atoms with Crippen molar-refractivity contribution in [2.75, 3.05) is 13.2 Å². The fourth-order valence-electron chi connectivity index (χ4n) is 2.74. The first-order valence-electron chi connectivity index (χ1n) is 7.50.